The molecule has 2 heteroatoms. The first kappa shape index (κ1) is 12.4. The van der Waals surface area contributed by atoms with Crippen LogP contribution in [0.2, 0.25) is 0 Å². The summed E-state index contributed by atoms with van der Waals surface area (Å²) in [6, 6.07) is 0. The van der Waals surface area contributed by atoms with Crippen molar-refractivity contribution in [3.63, 3.8) is 0 Å². The van der Waals surface area contributed by atoms with Crippen LogP contribution in [0.15, 0.2) is 0 Å². The Morgan fingerprint density at radius 1 is 1.38 bits per heavy atom. The topological polar surface area (TPSA) is 21.3 Å². The first-order valence-electron chi connectivity index (χ1n) is 6.95. The molecule has 0 bridgehead atoms. The minimum atomic E-state index is 0.316. The Kier molecular flexibility index (Phi) is 3.91. The Morgan fingerprint density at radius 3 is 2.69 bits per heavy atom. The van der Waals surface area contributed by atoms with Gasteiger partial charge in [-0.3, -0.25) is 0 Å². The van der Waals surface area contributed by atoms with Gasteiger partial charge in [-0.1, -0.05) is 13.8 Å². The molecule has 2 rings (SSSR count). The van der Waals surface area contributed by atoms with E-state index in [4.69, 9.17) is 4.74 Å². The van der Waals surface area contributed by atoms with Crippen molar-refractivity contribution in [2.24, 2.45) is 17.8 Å². The zero-order chi connectivity index (χ0) is 11.6. The number of rotatable bonds is 4. The van der Waals surface area contributed by atoms with Crippen molar-refractivity contribution in [3.05, 3.63) is 0 Å². The van der Waals surface area contributed by atoms with Gasteiger partial charge in [-0.15, -0.1) is 0 Å². The third-order valence-corrected chi connectivity index (χ3v) is 4.96. The van der Waals surface area contributed by atoms with Gasteiger partial charge in [0.05, 0.1) is 5.60 Å². The average Bonchev–Trinajstić information content (AvgIpc) is 2.26. The monoisotopic (exact) mass is 225 g/mol. The molecule has 0 aromatic heterocycles. The molecule has 1 saturated carbocycles. The normalized spacial score (nSPS) is 32.1. The number of ether oxygens (including phenoxy) is 1. The molecule has 3 atom stereocenters. The highest BCUT2D eigenvalue weighted by atomic mass is 16.5. The summed E-state index contributed by atoms with van der Waals surface area (Å²) in [4.78, 5) is 0. The van der Waals surface area contributed by atoms with Crippen LogP contribution in [0.3, 0.4) is 0 Å². The summed E-state index contributed by atoms with van der Waals surface area (Å²) in [5.74, 6) is 2.50. The van der Waals surface area contributed by atoms with E-state index < -0.39 is 0 Å². The Labute approximate surface area is 100 Å². The summed E-state index contributed by atoms with van der Waals surface area (Å²) < 4.78 is 6.01. The third kappa shape index (κ3) is 2.43. The van der Waals surface area contributed by atoms with E-state index >= 15 is 0 Å². The van der Waals surface area contributed by atoms with Gasteiger partial charge < -0.3 is 10.1 Å². The molecule has 1 aliphatic heterocycles. The largest absolute Gasteiger partial charge is 0.375 e. The molecule has 1 spiro atoms. The minimum Gasteiger partial charge on any atom is -0.375 e. The van der Waals surface area contributed by atoms with Crippen LogP contribution in [0.5, 0.6) is 0 Å². The van der Waals surface area contributed by atoms with Gasteiger partial charge in [0.25, 0.3) is 0 Å². The molecule has 1 heterocycles. The van der Waals surface area contributed by atoms with Crippen molar-refractivity contribution < 1.29 is 4.74 Å². The molecule has 2 nitrogen and oxygen atoms in total. The highest BCUT2D eigenvalue weighted by Gasteiger charge is 2.44. The molecule has 0 amide bonds. The van der Waals surface area contributed by atoms with Gasteiger partial charge in [0.2, 0.25) is 0 Å². The molecule has 16 heavy (non-hydrogen) atoms. The van der Waals surface area contributed by atoms with Crippen molar-refractivity contribution in [1.82, 2.24) is 5.32 Å². The zero-order valence-corrected chi connectivity index (χ0v) is 11.1. The quantitative estimate of drug-likeness (QED) is 0.794. The second-order valence-electron chi connectivity index (χ2n) is 6.03. The molecule has 1 saturated heterocycles. The molecule has 0 radical (unpaired) electrons. The smallest absolute Gasteiger partial charge is 0.0685 e. The summed E-state index contributed by atoms with van der Waals surface area (Å²) >= 11 is 0. The van der Waals surface area contributed by atoms with E-state index in [1.807, 2.05) is 0 Å². The van der Waals surface area contributed by atoms with Crippen LogP contribution < -0.4 is 5.32 Å². The van der Waals surface area contributed by atoms with Crippen LogP contribution in [0.4, 0.5) is 0 Å². The van der Waals surface area contributed by atoms with Crippen molar-refractivity contribution in [2.75, 3.05) is 20.2 Å². The van der Waals surface area contributed by atoms with Crippen molar-refractivity contribution in [2.45, 2.75) is 51.6 Å². The van der Waals surface area contributed by atoms with E-state index in [1.165, 1.54) is 32.1 Å². The Morgan fingerprint density at radius 2 is 2.12 bits per heavy atom. The van der Waals surface area contributed by atoms with Crippen LogP contribution in [0.25, 0.3) is 0 Å². The molecular formula is C14H27NO. The van der Waals surface area contributed by atoms with Gasteiger partial charge >= 0.3 is 0 Å². The highest BCUT2D eigenvalue weighted by Crippen LogP contribution is 2.46. The van der Waals surface area contributed by atoms with E-state index in [0.29, 0.717) is 5.60 Å². The van der Waals surface area contributed by atoms with E-state index in [2.05, 4.69) is 26.2 Å². The Balaban J connectivity index is 1.88. The van der Waals surface area contributed by atoms with Gasteiger partial charge in [0.1, 0.15) is 0 Å². The number of hydrogen-bond donors (Lipinski definition) is 1. The molecule has 2 aliphatic rings. The van der Waals surface area contributed by atoms with E-state index in [9.17, 15) is 0 Å². The maximum atomic E-state index is 6.01. The maximum Gasteiger partial charge on any atom is 0.0685 e. The van der Waals surface area contributed by atoms with Crippen LogP contribution in [-0.2, 0) is 4.74 Å². The van der Waals surface area contributed by atoms with Crippen LogP contribution in [0.1, 0.15) is 46.0 Å². The average molecular weight is 225 g/mol. The lowest BCUT2D eigenvalue weighted by Gasteiger charge is -2.49. The first-order valence-corrected chi connectivity index (χ1v) is 6.95. The van der Waals surface area contributed by atoms with Crippen LogP contribution in [0, 0.1) is 17.8 Å². The Hall–Kier alpha value is -0.0800. The fourth-order valence-corrected chi connectivity index (χ4v) is 3.41. The van der Waals surface area contributed by atoms with Crippen molar-refractivity contribution in [1.29, 1.82) is 0 Å². The van der Waals surface area contributed by atoms with E-state index in [0.717, 1.165) is 30.9 Å². The van der Waals surface area contributed by atoms with Crippen LogP contribution >= 0.6 is 0 Å². The molecule has 2 fully saturated rings. The molecule has 1 N–H and O–H groups in total. The summed E-state index contributed by atoms with van der Waals surface area (Å²) in [6.07, 6.45) is 6.61. The van der Waals surface area contributed by atoms with E-state index in [-0.39, 0.29) is 0 Å². The second kappa shape index (κ2) is 5.05. The molecular weight excluding hydrogens is 198 g/mol. The lowest BCUT2D eigenvalue weighted by atomic mass is 9.67. The highest BCUT2D eigenvalue weighted by molar-refractivity contribution is 4.95. The van der Waals surface area contributed by atoms with Gasteiger partial charge in [-0.2, -0.15) is 0 Å². The predicted molar refractivity (Wildman–Crippen MR) is 67.5 cm³/mol. The molecule has 1 aliphatic carbocycles. The summed E-state index contributed by atoms with van der Waals surface area (Å²) in [6.45, 7) is 6.96. The lowest BCUT2D eigenvalue weighted by Crippen LogP contribution is -2.47. The van der Waals surface area contributed by atoms with Crippen molar-refractivity contribution >= 4 is 0 Å². The molecule has 3 unspecified atom stereocenters. The van der Waals surface area contributed by atoms with Gasteiger partial charge in [-0.05, 0) is 63.5 Å². The number of nitrogens with one attached hydrogen (secondary N) is 1. The van der Waals surface area contributed by atoms with Gasteiger partial charge in [0.15, 0.2) is 0 Å². The van der Waals surface area contributed by atoms with Gasteiger partial charge in [0, 0.05) is 6.61 Å². The standard InChI is InChI=1S/C14H27NO/c1-11(10-15-3)12(2)13-5-8-16-14(9-13)6-4-7-14/h11-13,15H,4-10H2,1-3H3. The Bertz CT molecular complexity index is 225. The second-order valence-corrected chi connectivity index (χ2v) is 6.03. The maximum absolute atomic E-state index is 6.01. The molecule has 0 aromatic carbocycles. The summed E-state index contributed by atoms with van der Waals surface area (Å²) in [7, 11) is 2.06. The fourth-order valence-electron chi connectivity index (χ4n) is 3.41. The molecule has 0 aromatic rings. The summed E-state index contributed by atoms with van der Waals surface area (Å²) in [5.41, 5.74) is 0.316. The lowest BCUT2D eigenvalue weighted by molar-refractivity contribution is -0.151. The van der Waals surface area contributed by atoms with Gasteiger partial charge in [-0.25, -0.2) is 0 Å². The summed E-state index contributed by atoms with van der Waals surface area (Å²) in [5, 5.41) is 3.30. The fraction of sp³-hybridized carbons (Fsp3) is 1.00. The van der Waals surface area contributed by atoms with Crippen molar-refractivity contribution in [3.8, 4) is 0 Å². The predicted octanol–water partition coefficient (Wildman–Crippen LogP) is 2.83. The third-order valence-electron chi connectivity index (χ3n) is 4.96. The minimum absolute atomic E-state index is 0.316. The first-order chi connectivity index (χ1) is 7.67. The zero-order valence-electron chi connectivity index (χ0n) is 11.1. The van der Waals surface area contributed by atoms with E-state index in [1.54, 1.807) is 0 Å². The SMILES string of the molecule is CNCC(C)C(C)C1CCOC2(CCC2)C1. The molecule has 94 valence electrons. The number of hydrogen-bond acceptors (Lipinski definition) is 2. The van der Waals surface area contributed by atoms with Crippen LogP contribution in [-0.4, -0.2) is 25.8 Å².